The first-order valence-corrected chi connectivity index (χ1v) is 4.29. The van der Waals surface area contributed by atoms with Crippen LogP contribution in [0.3, 0.4) is 0 Å². The van der Waals surface area contributed by atoms with Gasteiger partial charge < -0.3 is 0 Å². The lowest BCUT2D eigenvalue weighted by Gasteiger charge is -1.98. The molecular weight excluding hydrogens is 178 g/mol. The van der Waals surface area contributed by atoms with Gasteiger partial charge in [0.1, 0.15) is 6.29 Å². The van der Waals surface area contributed by atoms with Crippen LogP contribution in [0.25, 0.3) is 10.9 Å². The molecule has 0 aliphatic rings. The normalized spacial score (nSPS) is 10.4. The number of hydrogen-bond donors (Lipinski definition) is 0. The molecule has 1 heterocycles. The molecule has 3 heteroatoms. The number of aldehydes is 1. The molecule has 0 saturated heterocycles. The predicted molar refractivity (Wildman–Crippen MR) is 53.6 cm³/mol. The minimum atomic E-state index is -0.0288. The minimum absolute atomic E-state index is 0.0288. The molecule has 0 N–H and O–H groups in total. The SMILES string of the molecule is CC(=O)n1ccc2cc(C=O)ccc21. The van der Waals surface area contributed by atoms with Crippen LogP contribution < -0.4 is 0 Å². The number of hydrogen-bond acceptors (Lipinski definition) is 2. The molecule has 14 heavy (non-hydrogen) atoms. The fourth-order valence-electron chi connectivity index (χ4n) is 1.51. The van der Waals surface area contributed by atoms with Crippen molar-refractivity contribution in [3.05, 3.63) is 36.0 Å². The van der Waals surface area contributed by atoms with Gasteiger partial charge in [-0.15, -0.1) is 0 Å². The first kappa shape index (κ1) is 8.69. The van der Waals surface area contributed by atoms with Crippen LogP contribution in [0.2, 0.25) is 0 Å². The Bertz CT molecular complexity index is 511. The lowest BCUT2D eigenvalue weighted by Crippen LogP contribution is -2.02. The van der Waals surface area contributed by atoms with E-state index in [-0.39, 0.29) is 5.91 Å². The number of carbonyl (C=O) groups is 2. The van der Waals surface area contributed by atoms with E-state index in [0.29, 0.717) is 5.56 Å². The van der Waals surface area contributed by atoms with Crippen molar-refractivity contribution < 1.29 is 9.59 Å². The van der Waals surface area contributed by atoms with Gasteiger partial charge in [0.25, 0.3) is 0 Å². The molecule has 3 nitrogen and oxygen atoms in total. The molecule has 0 spiro atoms. The van der Waals surface area contributed by atoms with Gasteiger partial charge in [0.2, 0.25) is 5.91 Å². The number of nitrogens with zero attached hydrogens (tertiary/aromatic N) is 1. The van der Waals surface area contributed by atoms with Crippen LogP contribution in [0.5, 0.6) is 0 Å². The summed E-state index contributed by atoms with van der Waals surface area (Å²) in [4.78, 5) is 21.7. The molecule has 0 unspecified atom stereocenters. The molecule has 0 amide bonds. The van der Waals surface area contributed by atoms with Gasteiger partial charge in [0, 0.05) is 24.1 Å². The molecule has 1 aromatic heterocycles. The van der Waals surface area contributed by atoms with Crippen LogP contribution in [0.15, 0.2) is 30.5 Å². The summed E-state index contributed by atoms with van der Waals surface area (Å²) >= 11 is 0. The summed E-state index contributed by atoms with van der Waals surface area (Å²) in [6.07, 6.45) is 2.51. The molecule has 1 aromatic carbocycles. The Morgan fingerprint density at radius 1 is 1.36 bits per heavy atom. The second-order valence-electron chi connectivity index (χ2n) is 3.14. The Hall–Kier alpha value is -1.90. The number of aromatic nitrogens is 1. The van der Waals surface area contributed by atoms with E-state index in [4.69, 9.17) is 0 Å². The molecule has 70 valence electrons. The van der Waals surface area contributed by atoms with E-state index in [9.17, 15) is 9.59 Å². The first-order chi connectivity index (χ1) is 6.72. The van der Waals surface area contributed by atoms with Crippen LogP contribution >= 0.6 is 0 Å². The van der Waals surface area contributed by atoms with Gasteiger partial charge in [-0.3, -0.25) is 14.2 Å². The van der Waals surface area contributed by atoms with E-state index >= 15 is 0 Å². The van der Waals surface area contributed by atoms with Gasteiger partial charge in [-0.2, -0.15) is 0 Å². The topological polar surface area (TPSA) is 39.1 Å². The average Bonchev–Trinajstić information content (AvgIpc) is 2.59. The summed E-state index contributed by atoms with van der Waals surface area (Å²) in [5.74, 6) is -0.0288. The van der Waals surface area contributed by atoms with E-state index in [2.05, 4.69) is 0 Å². The Balaban J connectivity index is 2.71. The lowest BCUT2D eigenvalue weighted by atomic mass is 10.2. The Kier molecular flexibility index (Phi) is 1.93. The predicted octanol–water partition coefficient (Wildman–Crippen LogP) is 2.11. The van der Waals surface area contributed by atoms with Crippen molar-refractivity contribution in [2.45, 2.75) is 6.92 Å². The molecule has 0 aliphatic carbocycles. The first-order valence-electron chi connectivity index (χ1n) is 4.29. The monoisotopic (exact) mass is 187 g/mol. The summed E-state index contributed by atoms with van der Waals surface area (Å²) in [5.41, 5.74) is 1.46. The highest BCUT2D eigenvalue weighted by atomic mass is 16.1. The minimum Gasteiger partial charge on any atom is -0.298 e. The third kappa shape index (κ3) is 1.23. The van der Waals surface area contributed by atoms with Crippen molar-refractivity contribution in [3.63, 3.8) is 0 Å². The van der Waals surface area contributed by atoms with E-state index in [1.807, 2.05) is 6.07 Å². The molecule has 2 rings (SSSR count). The molecular formula is C11H9NO2. The van der Waals surface area contributed by atoms with Crippen molar-refractivity contribution >= 4 is 23.1 Å². The molecule has 0 saturated carbocycles. The van der Waals surface area contributed by atoms with Crippen molar-refractivity contribution in [2.75, 3.05) is 0 Å². The largest absolute Gasteiger partial charge is 0.298 e. The van der Waals surface area contributed by atoms with Gasteiger partial charge in [0.15, 0.2) is 0 Å². The van der Waals surface area contributed by atoms with Gasteiger partial charge in [-0.1, -0.05) is 0 Å². The maximum absolute atomic E-state index is 11.2. The van der Waals surface area contributed by atoms with E-state index < -0.39 is 0 Å². The number of fused-ring (bicyclic) bond motifs is 1. The highest BCUT2D eigenvalue weighted by Gasteiger charge is 2.04. The second kappa shape index (κ2) is 3.10. The van der Waals surface area contributed by atoms with Crippen LogP contribution in [-0.2, 0) is 0 Å². The fourth-order valence-corrected chi connectivity index (χ4v) is 1.51. The summed E-state index contributed by atoms with van der Waals surface area (Å²) in [5, 5.41) is 0.907. The van der Waals surface area contributed by atoms with Crippen LogP contribution in [0.4, 0.5) is 0 Å². The van der Waals surface area contributed by atoms with Gasteiger partial charge in [-0.25, -0.2) is 0 Å². The zero-order valence-corrected chi connectivity index (χ0v) is 7.73. The Morgan fingerprint density at radius 2 is 2.14 bits per heavy atom. The highest BCUT2D eigenvalue weighted by Crippen LogP contribution is 2.16. The van der Waals surface area contributed by atoms with Crippen LogP contribution in [-0.4, -0.2) is 16.8 Å². The molecule has 0 aliphatic heterocycles. The van der Waals surface area contributed by atoms with Crippen LogP contribution in [0, 0.1) is 0 Å². The fraction of sp³-hybridized carbons (Fsp3) is 0.0909. The maximum atomic E-state index is 11.2. The van der Waals surface area contributed by atoms with E-state index in [1.165, 1.54) is 6.92 Å². The Labute approximate surface area is 81.0 Å². The van der Waals surface area contributed by atoms with E-state index in [1.54, 1.807) is 29.0 Å². The quantitative estimate of drug-likeness (QED) is 0.641. The number of benzene rings is 1. The zero-order chi connectivity index (χ0) is 10.1. The molecule has 2 aromatic rings. The van der Waals surface area contributed by atoms with Crippen molar-refractivity contribution in [1.29, 1.82) is 0 Å². The van der Waals surface area contributed by atoms with Crippen LogP contribution in [0.1, 0.15) is 22.1 Å². The standard InChI is InChI=1S/C11H9NO2/c1-8(14)12-5-4-10-6-9(7-13)2-3-11(10)12/h2-7H,1H3. The average molecular weight is 187 g/mol. The third-order valence-corrected chi connectivity index (χ3v) is 2.19. The summed E-state index contributed by atoms with van der Waals surface area (Å²) in [7, 11) is 0. The van der Waals surface area contributed by atoms with Crippen molar-refractivity contribution in [3.8, 4) is 0 Å². The smallest absolute Gasteiger partial charge is 0.227 e. The van der Waals surface area contributed by atoms with Gasteiger partial charge in [-0.05, 0) is 24.3 Å². The number of carbonyl (C=O) groups excluding carboxylic acids is 2. The Morgan fingerprint density at radius 3 is 2.79 bits per heavy atom. The van der Waals surface area contributed by atoms with Crippen molar-refractivity contribution in [1.82, 2.24) is 4.57 Å². The summed E-state index contributed by atoms with van der Waals surface area (Å²) in [6.45, 7) is 1.51. The summed E-state index contributed by atoms with van der Waals surface area (Å²) < 4.78 is 1.56. The number of rotatable bonds is 1. The zero-order valence-electron chi connectivity index (χ0n) is 7.73. The lowest BCUT2D eigenvalue weighted by molar-refractivity contribution is 0.0941. The second-order valence-corrected chi connectivity index (χ2v) is 3.14. The summed E-state index contributed by atoms with van der Waals surface area (Å²) in [6, 6.07) is 7.07. The third-order valence-electron chi connectivity index (χ3n) is 2.19. The van der Waals surface area contributed by atoms with Crippen molar-refractivity contribution in [2.24, 2.45) is 0 Å². The van der Waals surface area contributed by atoms with E-state index in [0.717, 1.165) is 17.2 Å². The highest BCUT2D eigenvalue weighted by molar-refractivity contribution is 5.94. The molecule has 0 atom stereocenters. The van der Waals surface area contributed by atoms with Gasteiger partial charge in [0.05, 0.1) is 5.52 Å². The molecule has 0 radical (unpaired) electrons. The van der Waals surface area contributed by atoms with Gasteiger partial charge >= 0.3 is 0 Å². The maximum Gasteiger partial charge on any atom is 0.227 e. The molecule has 0 bridgehead atoms. The molecule has 0 fully saturated rings.